The zero-order chi connectivity index (χ0) is 17.2. The second-order valence-corrected chi connectivity index (χ2v) is 7.75. The molecule has 7 nitrogen and oxygen atoms in total. The maximum absolute atomic E-state index is 12.2. The van der Waals surface area contributed by atoms with Crippen LogP contribution < -0.4 is 4.72 Å². The number of thiophene rings is 1. The molecule has 1 aromatic carbocycles. The Morgan fingerprint density at radius 2 is 2.08 bits per heavy atom. The van der Waals surface area contributed by atoms with E-state index < -0.39 is 16.0 Å². The maximum atomic E-state index is 12.2. The summed E-state index contributed by atoms with van der Waals surface area (Å²) in [5.74, 6) is -1.24. The largest absolute Gasteiger partial charge is 0.477 e. The molecule has 0 amide bonds. The minimum absolute atomic E-state index is 0.178. The summed E-state index contributed by atoms with van der Waals surface area (Å²) in [7, 11) is -3.82. The van der Waals surface area contributed by atoms with Gasteiger partial charge in [0.25, 0.3) is 0 Å². The van der Waals surface area contributed by atoms with Crippen molar-refractivity contribution >= 4 is 38.4 Å². The van der Waals surface area contributed by atoms with Gasteiger partial charge in [-0.2, -0.15) is 0 Å². The monoisotopic (exact) mass is 365 g/mol. The zero-order valence-corrected chi connectivity index (χ0v) is 14.2. The Bertz CT molecular complexity index is 975. The molecule has 2 aromatic heterocycles. The Kier molecular flexibility index (Phi) is 4.65. The SMILES string of the molecule is O=C(O)c1sccc1S(=O)(=O)NCCCn1cnc2ccccc21. The highest BCUT2D eigenvalue weighted by Crippen LogP contribution is 2.21. The number of hydrogen-bond donors (Lipinski definition) is 2. The summed E-state index contributed by atoms with van der Waals surface area (Å²) in [6.45, 7) is 0.822. The van der Waals surface area contributed by atoms with Crippen LogP contribution in [0, 0.1) is 0 Å². The molecule has 0 saturated heterocycles. The molecule has 0 atom stereocenters. The van der Waals surface area contributed by atoms with Crippen molar-refractivity contribution < 1.29 is 18.3 Å². The number of nitrogens with one attached hydrogen (secondary N) is 1. The van der Waals surface area contributed by atoms with Gasteiger partial charge in [0.2, 0.25) is 10.0 Å². The fraction of sp³-hybridized carbons (Fsp3) is 0.200. The maximum Gasteiger partial charge on any atom is 0.347 e. The summed E-state index contributed by atoms with van der Waals surface area (Å²) in [5.41, 5.74) is 1.88. The number of sulfonamides is 1. The van der Waals surface area contributed by atoms with Crippen molar-refractivity contribution in [3.05, 3.63) is 46.9 Å². The molecule has 9 heteroatoms. The van der Waals surface area contributed by atoms with Crippen molar-refractivity contribution in [1.29, 1.82) is 0 Å². The summed E-state index contributed by atoms with van der Waals surface area (Å²) < 4.78 is 28.8. The zero-order valence-electron chi connectivity index (χ0n) is 12.5. The lowest BCUT2D eigenvalue weighted by Crippen LogP contribution is -2.26. The molecule has 0 aliphatic carbocycles. The minimum atomic E-state index is -3.82. The van der Waals surface area contributed by atoms with Gasteiger partial charge in [-0.05, 0) is 30.0 Å². The lowest BCUT2D eigenvalue weighted by Gasteiger charge is -2.07. The van der Waals surface area contributed by atoms with Gasteiger partial charge < -0.3 is 9.67 Å². The molecular weight excluding hydrogens is 350 g/mol. The van der Waals surface area contributed by atoms with E-state index >= 15 is 0 Å². The molecule has 0 spiro atoms. The van der Waals surface area contributed by atoms with Gasteiger partial charge in [0.1, 0.15) is 9.77 Å². The second kappa shape index (κ2) is 6.71. The van der Waals surface area contributed by atoms with Crippen LogP contribution in [-0.4, -0.2) is 35.6 Å². The highest BCUT2D eigenvalue weighted by Gasteiger charge is 2.23. The first-order chi connectivity index (χ1) is 11.5. The number of nitrogens with zero attached hydrogens (tertiary/aromatic N) is 2. The van der Waals surface area contributed by atoms with E-state index in [4.69, 9.17) is 5.11 Å². The van der Waals surface area contributed by atoms with Crippen LogP contribution in [0.4, 0.5) is 0 Å². The van der Waals surface area contributed by atoms with Gasteiger partial charge in [-0.15, -0.1) is 11.3 Å². The van der Waals surface area contributed by atoms with E-state index in [0.717, 1.165) is 22.4 Å². The summed E-state index contributed by atoms with van der Waals surface area (Å²) in [5, 5.41) is 10.5. The number of para-hydroxylation sites is 2. The molecule has 0 unspecified atom stereocenters. The van der Waals surface area contributed by atoms with Crippen LogP contribution in [0.15, 0.2) is 46.9 Å². The summed E-state index contributed by atoms with van der Waals surface area (Å²) in [6, 6.07) is 9.01. The highest BCUT2D eigenvalue weighted by molar-refractivity contribution is 7.89. The van der Waals surface area contributed by atoms with Crippen molar-refractivity contribution in [2.75, 3.05) is 6.54 Å². The Hall–Kier alpha value is -2.23. The molecule has 2 heterocycles. The van der Waals surface area contributed by atoms with Gasteiger partial charge >= 0.3 is 5.97 Å². The third-order valence-electron chi connectivity index (χ3n) is 3.51. The lowest BCUT2D eigenvalue weighted by molar-refractivity contribution is 0.0698. The number of hydrogen-bond acceptors (Lipinski definition) is 5. The number of carbonyl (C=O) groups is 1. The molecule has 0 aliphatic rings. The Morgan fingerprint density at radius 1 is 1.29 bits per heavy atom. The molecule has 0 aliphatic heterocycles. The Balaban J connectivity index is 1.62. The predicted octanol–water partition coefficient (Wildman–Crippen LogP) is 2.16. The van der Waals surface area contributed by atoms with Crippen LogP contribution in [0.3, 0.4) is 0 Å². The lowest BCUT2D eigenvalue weighted by atomic mass is 10.3. The van der Waals surface area contributed by atoms with Crippen molar-refractivity contribution in [2.45, 2.75) is 17.9 Å². The van der Waals surface area contributed by atoms with Crippen LogP contribution in [0.5, 0.6) is 0 Å². The third kappa shape index (κ3) is 3.32. The third-order valence-corrected chi connectivity index (χ3v) is 6.04. The number of carboxylic acid groups (broad SMARTS) is 1. The quantitative estimate of drug-likeness (QED) is 0.625. The van der Waals surface area contributed by atoms with E-state index in [2.05, 4.69) is 9.71 Å². The first-order valence-corrected chi connectivity index (χ1v) is 9.55. The number of imidazole rings is 1. The molecule has 126 valence electrons. The highest BCUT2D eigenvalue weighted by atomic mass is 32.2. The molecule has 0 saturated carbocycles. The molecule has 0 bridgehead atoms. The van der Waals surface area contributed by atoms with Crippen LogP contribution in [-0.2, 0) is 16.6 Å². The van der Waals surface area contributed by atoms with Gasteiger partial charge in [-0.3, -0.25) is 0 Å². The molecule has 2 N–H and O–H groups in total. The van der Waals surface area contributed by atoms with Crippen LogP contribution in [0.1, 0.15) is 16.1 Å². The van der Waals surface area contributed by atoms with E-state index in [1.165, 1.54) is 11.4 Å². The fourth-order valence-electron chi connectivity index (χ4n) is 2.39. The standard InChI is InChI=1S/C15H15N3O4S2/c19-15(20)14-13(6-9-23-14)24(21,22)17-7-3-8-18-10-16-11-4-1-2-5-12(11)18/h1-2,4-6,9-10,17H,3,7-8H2,(H,19,20). The summed E-state index contributed by atoms with van der Waals surface area (Å²) in [6.07, 6.45) is 2.28. The van der Waals surface area contributed by atoms with Crippen molar-refractivity contribution in [3.8, 4) is 0 Å². The smallest absolute Gasteiger partial charge is 0.347 e. The first kappa shape index (κ1) is 16.6. The second-order valence-electron chi connectivity index (χ2n) is 5.10. The van der Waals surface area contributed by atoms with E-state index in [1.54, 1.807) is 6.33 Å². The van der Waals surface area contributed by atoms with Crippen LogP contribution in [0.25, 0.3) is 11.0 Å². The van der Waals surface area contributed by atoms with E-state index in [1.807, 2.05) is 28.8 Å². The molecule has 3 aromatic rings. The molecular formula is C15H15N3O4S2. The molecule has 0 radical (unpaired) electrons. The van der Waals surface area contributed by atoms with Gasteiger partial charge in [-0.25, -0.2) is 22.9 Å². The molecule has 3 rings (SSSR count). The summed E-state index contributed by atoms with van der Waals surface area (Å²) >= 11 is 0.892. The number of aryl methyl sites for hydroxylation is 1. The average molecular weight is 365 g/mol. The Labute approximate surface area is 142 Å². The van der Waals surface area contributed by atoms with Crippen molar-refractivity contribution in [2.24, 2.45) is 0 Å². The molecule has 24 heavy (non-hydrogen) atoms. The van der Waals surface area contributed by atoms with Crippen LogP contribution in [0.2, 0.25) is 0 Å². The Morgan fingerprint density at radius 3 is 2.88 bits per heavy atom. The first-order valence-electron chi connectivity index (χ1n) is 7.19. The van der Waals surface area contributed by atoms with E-state index in [0.29, 0.717) is 13.0 Å². The number of fused-ring (bicyclic) bond motifs is 1. The number of aromatic carboxylic acids is 1. The number of carboxylic acids is 1. The van der Waals surface area contributed by atoms with Gasteiger partial charge in [0.15, 0.2) is 0 Å². The van der Waals surface area contributed by atoms with Gasteiger partial charge in [0.05, 0.1) is 17.4 Å². The van der Waals surface area contributed by atoms with Gasteiger partial charge in [-0.1, -0.05) is 12.1 Å². The van der Waals surface area contributed by atoms with Gasteiger partial charge in [0, 0.05) is 13.1 Å². The van der Waals surface area contributed by atoms with E-state index in [-0.39, 0.29) is 16.3 Å². The minimum Gasteiger partial charge on any atom is -0.477 e. The fourth-order valence-corrected chi connectivity index (χ4v) is 4.72. The predicted molar refractivity (Wildman–Crippen MR) is 90.8 cm³/mol. The summed E-state index contributed by atoms with van der Waals surface area (Å²) in [4.78, 5) is 15.0. The molecule has 0 fully saturated rings. The number of rotatable bonds is 7. The van der Waals surface area contributed by atoms with Crippen molar-refractivity contribution in [3.63, 3.8) is 0 Å². The van der Waals surface area contributed by atoms with E-state index in [9.17, 15) is 13.2 Å². The number of aromatic nitrogens is 2. The average Bonchev–Trinajstić information content (AvgIpc) is 3.19. The van der Waals surface area contributed by atoms with Crippen molar-refractivity contribution in [1.82, 2.24) is 14.3 Å². The normalized spacial score (nSPS) is 11.8. The van der Waals surface area contributed by atoms with Crippen LogP contribution >= 0.6 is 11.3 Å². The number of benzene rings is 1. The topological polar surface area (TPSA) is 101 Å².